The molecule has 0 rings (SSSR count). The number of ether oxygens (including phenoxy) is 5. The molecular weight excluding hydrogens is 761 g/mol. The van der Waals surface area contributed by atoms with E-state index in [2.05, 4.69) is 0 Å². The second-order valence-electron chi connectivity index (χ2n) is 7.45. The fourth-order valence-electron chi connectivity index (χ4n) is 1.73. The van der Waals surface area contributed by atoms with E-state index in [4.69, 9.17) is 0 Å². The highest BCUT2D eigenvalue weighted by atomic mass is 19.4. The fourth-order valence-corrected chi connectivity index (χ4v) is 1.73. The van der Waals surface area contributed by atoms with Crippen molar-refractivity contribution in [1.29, 1.82) is 0 Å². The zero-order valence-electron chi connectivity index (χ0n) is 19.5. The van der Waals surface area contributed by atoms with Crippen molar-refractivity contribution in [3.63, 3.8) is 0 Å². The second-order valence-corrected chi connectivity index (χ2v) is 7.45. The molecular formula is C14H2F27O5. The van der Waals surface area contributed by atoms with Crippen LogP contribution in [0, 0.1) is 6.92 Å². The average Bonchev–Trinajstić information content (AvgIpc) is 2.67. The highest BCUT2D eigenvalue weighted by molar-refractivity contribution is 4.97. The molecule has 0 aliphatic rings. The van der Waals surface area contributed by atoms with Crippen molar-refractivity contribution in [3.05, 3.63) is 6.92 Å². The quantitative estimate of drug-likeness (QED) is 0.148. The molecule has 0 saturated heterocycles. The highest BCUT2D eigenvalue weighted by Gasteiger charge is 2.86. The van der Waals surface area contributed by atoms with Gasteiger partial charge in [0.25, 0.3) is 0 Å². The van der Waals surface area contributed by atoms with E-state index in [-0.39, 0.29) is 0 Å². The summed E-state index contributed by atoms with van der Waals surface area (Å²) in [5.41, 5.74) is 0. The Morgan fingerprint density at radius 3 is 0.587 bits per heavy atom. The first-order valence-electron chi connectivity index (χ1n) is 9.25. The zero-order chi connectivity index (χ0) is 38.0. The molecule has 0 aromatic heterocycles. The lowest BCUT2D eigenvalue weighted by Crippen LogP contribution is -2.65. The van der Waals surface area contributed by atoms with E-state index in [1.54, 1.807) is 4.74 Å². The predicted molar refractivity (Wildman–Crippen MR) is 76.2 cm³/mol. The van der Waals surface area contributed by atoms with E-state index in [9.17, 15) is 119 Å². The molecule has 0 aromatic carbocycles. The van der Waals surface area contributed by atoms with Crippen LogP contribution in [0.15, 0.2) is 0 Å². The minimum absolute atomic E-state index is 0.968. The Morgan fingerprint density at radius 1 is 0.239 bits per heavy atom. The minimum Gasteiger partial charge on any atom is -0.248 e. The van der Waals surface area contributed by atoms with Gasteiger partial charge in [0.15, 0.2) is 0 Å². The van der Waals surface area contributed by atoms with Crippen LogP contribution in [0.1, 0.15) is 0 Å². The van der Waals surface area contributed by atoms with Gasteiger partial charge in [0.2, 0.25) is 0 Å². The summed E-state index contributed by atoms with van der Waals surface area (Å²) in [7, 11) is 0. The molecule has 0 spiro atoms. The number of hydrogen-bond acceptors (Lipinski definition) is 5. The van der Waals surface area contributed by atoms with Gasteiger partial charge >= 0.3 is 79.1 Å². The van der Waals surface area contributed by atoms with Gasteiger partial charge in [-0.2, -0.15) is 119 Å². The van der Waals surface area contributed by atoms with E-state index in [1.807, 2.05) is 0 Å². The molecule has 5 nitrogen and oxygen atoms in total. The van der Waals surface area contributed by atoms with Gasteiger partial charge < -0.3 is 0 Å². The maximum Gasteiger partial charge on any atom is 0.460 e. The number of alkyl halides is 27. The van der Waals surface area contributed by atoms with Crippen LogP contribution in [0.5, 0.6) is 0 Å². The maximum absolute atomic E-state index is 13.3. The van der Waals surface area contributed by atoms with Crippen molar-refractivity contribution >= 4 is 0 Å². The largest absolute Gasteiger partial charge is 0.460 e. The first kappa shape index (κ1) is 43.9. The van der Waals surface area contributed by atoms with Crippen LogP contribution in [0.25, 0.3) is 0 Å². The van der Waals surface area contributed by atoms with E-state index in [1.165, 1.54) is 11.7 Å². The molecule has 0 atom stereocenters. The van der Waals surface area contributed by atoms with Crippen LogP contribution in [0.4, 0.5) is 119 Å². The lowest BCUT2D eigenvalue weighted by molar-refractivity contribution is -0.590. The smallest absolute Gasteiger partial charge is 0.248 e. The monoisotopic (exact) mass is 763 g/mol. The lowest BCUT2D eigenvalue weighted by Gasteiger charge is -2.37. The molecule has 46 heavy (non-hydrogen) atoms. The normalized spacial score (nSPS) is 16.7. The number of rotatable bonds is 16. The second kappa shape index (κ2) is 11.5. The van der Waals surface area contributed by atoms with E-state index < -0.39 is 79.1 Å². The summed E-state index contributed by atoms with van der Waals surface area (Å²) in [6, 6.07) is 0. The van der Waals surface area contributed by atoms with Gasteiger partial charge in [-0.1, -0.05) is 0 Å². The molecule has 0 saturated carbocycles. The third kappa shape index (κ3) is 8.49. The predicted octanol–water partition coefficient (Wildman–Crippen LogP) is 8.66. The standard InChI is InChI=1S/C14H2F27O5/c1-2(15,16)42-7(26,27)8(28,29)44-11(34,35)12(36,37)46-14(40,41)13(38,39)45-10(32,33)9(30,31)43-6(24,25)4(19,20)3(17,18)5(21,22)23/h1H2. The Hall–Kier alpha value is -2.09. The van der Waals surface area contributed by atoms with Gasteiger partial charge in [-0.15, -0.1) is 0 Å². The maximum atomic E-state index is 13.3. The summed E-state index contributed by atoms with van der Waals surface area (Å²) < 4.78 is 354. The summed E-state index contributed by atoms with van der Waals surface area (Å²) in [5, 5.41) is 0. The Kier molecular flexibility index (Phi) is 11.0. The first-order valence-corrected chi connectivity index (χ1v) is 9.25. The molecule has 0 amide bonds. The molecule has 277 valence electrons. The van der Waals surface area contributed by atoms with Crippen molar-refractivity contribution < 1.29 is 142 Å². The number of hydrogen-bond donors (Lipinski definition) is 0. The van der Waals surface area contributed by atoms with Gasteiger partial charge in [0, 0.05) is 6.92 Å². The first-order chi connectivity index (χ1) is 19.3. The minimum atomic E-state index is -8.44. The molecule has 0 N–H and O–H groups in total. The van der Waals surface area contributed by atoms with E-state index in [0.29, 0.717) is 0 Å². The van der Waals surface area contributed by atoms with Crippen molar-refractivity contribution in [2.75, 3.05) is 0 Å². The van der Waals surface area contributed by atoms with Crippen LogP contribution in [0.3, 0.4) is 0 Å². The van der Waals surface area contributed by atoms with Crippen LogP contribution in [-0.2, 0) is 23.7 Å². The van der Waals surface area contributed by atoms with Crippen molar-refractivity contribution in [2.24, 2.45) is 0 Å². The highest BCUT2D eigenvalue weighted by Crippen LogP contribution is 2.57. The molecule has 0 fully saturated rings. The molecule has 0 unspecified atom stereocenters. The molecule has 0 aromatic rings. The van der Waals surface area contributed by atoms with Gasteiger partial charge in [0.1, 0.15) is 0 Å². The van der Waals surface area contributed by atoms with Crippen LogP contribution in [-0.4, -0.2) is 79.1 Å². The van der Waals surface area contributed by atoms with Crippen molar-refractivity contribution in [1.82, 2.24) is 0 Å². The Labute approximate surface area is 230 Å². The molecule has 0 aliphatic carbocycles. The van der Waals surface area contributed by atoms with Gasteiger partial charge in [-0.3, -0.25) is 0 Å². The van der Waals surface area contributed by atoms with Crippen molar-refractivity contribution in [2.45, 2.75) is 79.1 Å². The molecule has 0 heterocycles. The summed E-state index contributed by atoms with van der Waals surface area (Å²) in [6.07, 6.45) is -86.0. The average molecular weight is 763 g/mol. The van der Waals surface area contributed by atoms with Crippen LogP contribution >= 0.6 is 0 Å². The molecule has 0 aliphatic heterocycles. The topological polar surface area (TPSA) is 46.2 Å². The molecule has 1 radical (unpaired) electrons. The summed E-state index contributed by atoms with van der Waals surface area (Å²) in [6.45, 7) is 1.23. The Balaban J connectivity index is 6.34. The summed E-state index contributed by atoms with van der Waals surface area (Å²) in [4.78, 5) is 0. The number of halogens is 27. The Bertz CT molecular complexity index is 1060. The van der Waals surface area contributed by atoms with Gasteiger partial charge in [-0.05, 0) is 0 Å². The Morgan fingerprint density at radius 2 is 0.413 bits per heavy atom. The van der Waals surface area contributed by atoms with Gasteiger partial charge in [0.05, 0.1) is 0 Å². The van der Waals surface area contributed by atoms with E-state index >= 15 is 0 Å². The molecule has 32 heteroatoms. The lowest BCUT2D eigenvalue weighted by atomic mass is 10.1. The van der Waals surface area contributed by atoms with Crippen LogP contribution < -0.4 is 0 Å². The fraction of sp³-hybridized carbons (Fsp3) is 0.929. The van der Waals surface area contributed by atoms with Crippen LogP contribution in [0.2, 0.25) is 0 Å². The zero-order valence-corrected chi connectivity index (χ0v) is 19.5. The molecule has 0 bridgehead atoms. The summed E-state index contributed by atoms with van der Waals surface area (Å²) in [5.74, 6) is -16.7. The van der Waals surface area contributed by atoms with Crippen molar-refractivity contribution in [3.8, 4) is 0 Å². The van der Waals surface area contributed by atoms with E-state index in [0.717, 1.165) is 14.2 Å². The van der Waals surface area contributed by atoms with Gasteiger partial charge in [-0.25, -0.2) is 23.7 Å². The SMILES string of the molecule is [CH2]C(F)(F)OC(F)(F)C(F)(F)OC(F)(F)C(F)(F)OC(F)(F)C(F)(F)OC(F)(F)C(F)(F)OC(F)(F)C(F)(F)C(F)(F)C(F)(F)F. The third-order valence-electron chi connectivity index (χ3n) is 3.77. The third-order valence-corrected chi connectivity index (χ3v) is 3.77. The summed E-state index contributed by atoms with van der Waals surface area (Å²) >= 11 is 0.